The van der Waals surface area contributed by atoms with Gasteiger partial charge in [0.05, 0.1) is 0 Å². The summed E-state index contributed by atoms with van der Waals surface area (Å²) in [6, 6.07) is -1.59. The minimum Gasteiger partial charge on any atom is -0.126 e. The topological polar surface area (TPSA) is 0 Å². The first-order valence-electron chi connectivity index (χ1n) is 3.39. The Morgan fingerprint density at radius 3 is 1.60 bits per heavy atom. The molecule has 0 amide bonds. The number of hydrogen-bond acceptors (Lipinski definition) is 0. The number of rotatable bonds is 3. The van der Waals surface area contributed by atoms with Gasteiger partial charge in [0.15, 0.2) is 0 Å². The van der Waals surface area contributed by atoms with Gasteiger partial charge in [0.25, 0.3) is 0 Å². The van der Waals surface area contributed by atoms with Crippen LogP contribution in [0.1, 0.15) is 20.8 Å². The molecule has 0 fully saturated rings. The highest BCUT2D eigenvalue weighted by Gasteiger charge is 2.28. The zero-order valence-electron chi connectivity index (χ0n) is 6.50. The molecule has 0 saturated carbocycles. The van der Waals surface area contributed by atoms with E-state index in [1.807, 2.05) is 0 Å². The van der Waals surface area contributed by atoms with Crippen molar-refractivity contribution in [3.63, 3.8) is 0 Å². The molecular weight excluding hydrogens is 207 g/mol. The van der Waals surface area contributed by atoms with E-state index < -0.39 is 6.00 Å². The van der Waals surface area contributed by atoms with Crippen LogP contribution in [0.25, 0.3) is 0 Å². The standard InChI is InChI=1S/C6H13Cl3Si/c1-5(2)6(3)4-10(7,8)9/h5-6H,4H2,1-3H3. The molecule has 0 radical (unpaired) electrons. The first-order valence-corrected chi connectivity index (χ1v) is 8.64. The molecule has 0 aliphatic carbocycles. The molecule has 0 aromatic rings. The van der Waals surface area contributed by atoms with Gasteiger partial charge in [-0.1, -0.05) is 20.8 Å². The van der Waals surface area contributed by atoms with E-state index in [1.165, 1.54) is 0 Å². The second-order valence-electron chi connectivity index (χ2n) is 3.04. The van der Waals surface area contributed by atoms with Crippen LogP contribution in [0.2, 0.25) is 6.04 Å². The third kappa shape index (κ3) is 5.84. The van der Waals surface area contributed by atoms with Crippen LogP contribution in [0.15, 0.2) is 0 Å². The summed E-state index contributed by atoms with van der Waals surface area (Å²) in [6.45, 7) is 6.42. The second-order valence-corrected chi connectivity index (χ2v) is 12.2. The summed E-state index contributed by atoms with van der Waals surface area (Å²) >= 11 is 17.2. The summed E-state index contributed by atoms with van der Waals surface area (Å²) in [5, 5.41) is 0. The van der Waals surface area contributed by atoms with Crippen LogP contribution in [0.3, 0.4) is 0 Å². The van der Waals surface area contributed by atoms with Crippen LogP contribution >= 0.6 is 33.2 Å². The van der Waals surface area contributed by atoms with Gasteiger partial charge in [-0.05, 0) is 17.9 Å². The molecule has 1 unspecified atom stereocenters. The maximum Gasteiger partial charge on any atom is 0.341 e. The summed E-state index contributed by atoms with van der Waals surface area (Å²) in [6.07, 6.45) is 0. The zero-order chi connectivity index (χ0) is 8.36. The van der Waals surface area contributed by atoms with Gasteiger partial charge in [-0.15, -0.1) is 33.2 Å². The van der Waals surface area contributed by atoms with E-state index >= 15 is 0 Å². The average molecular weight is 220 g/mol. The van der Waals surface area contributed by atoms with Crippen molar-refractivity contribution < 1.29 is 0 Å². The van der Waals surface area contributed by atoms with Crippen LogP contribution in [0, 0.1) is 11.8 Å². The summed E-state index contributed by atoms with van der Waals surface area (Å²) in [5.41, 5.74) is 0. The maximum atomic E-state index is 5.74. The summed E-state index contributed by atoms with van der Waals surface area (Å²) in [4.78, 5) is 0. The fourth-order valence-electron chi connectivity index (χ4n) is 0.601. The fraction of sp³-hybridized carbons (Fsp3) is 1.00. The molecule has 0 aliphatic heterocycles. The number of hydrogen-bond donors (Lipinski definition) is 0. The largest absolute Gasteiger partial charge is 0.341 e. The highest BCUT2D eigenvalue weighted by atomic mass is 35.8. The molecule has 10 heavy (non-hydrogen) atoms. The summed E-state index contributed by atoms with van der Waals surface area (Å²) in [5.74, 6) is 1.14. The van der Waals surface area contributed by atoms with E-state index in [0.717, 1.165) is 6.04 Å². The van der Waals surface area contributed by atoms with Crippen molar-refractivity contribution in [2.45, 2.75) is 26.8 Å². The molecule has 62 valence electrons. The predicted molar refractivity (Wildman–Crippen MR) is 52.1 cm³/mol. The lowest BCUT2D eigenvalue weighted by Crippen LogP contribution is -2.17. The van der Waals surface area contributed by atoms with Crippen LogP contribution < -0.4 is 0 Å². The molecule has 0 bridgehead atoms. The second kappa shape index (κ2) is 4.20. The van der Waals surface area contributed by atoms with Crippen LogP contribution in [-0.2, 0) is 0 Å². The van der Waals surface area contributed by atoms with Gasteiger partial charge in [-0.3, -0.25) is 0 Å². The highest BCUT2D eigenvalue weighted by Crippen LogP contribution is 2.31. The van der Waals surface area contributed by atoms with Crippen molar-refractivity contribution in [3.8, 4) is 0 Å². The van der Waals surface area contributed by atoms with Crippen LogP contribution in [-0.4, -0.2) is 6.00 Å². The molecule has 1 atom stereocenters. The Morgan fingerprint density at radius 1 is 1.10 bits per heavy atom. The lowest BCUT2D eigenvalue weighted by atomic mass is 10.0. The lowest BCUT2D eigenvalue weighted by Gasteiger charge is -2.18. The van der Waals surface area contributed by atoms with E-state index in [9.17, 15) is 0 Å². The third-order valence-corrected chi connectivity index (χ3v) is 4.19. The van der Waals surface area contributed by atoms with Gasteiger partial charge < -0.3 is 0 Å². The first-order chi connectivity index (χ1) is 4.33. The molecular formula is C6H13Cl3Si. The minimum atomic E-state index is -2.37. The monoisotopic (exact) mass is 218 g/mol. The lowest BCUT2D eigenvalue weighted by molar-refractivity contribution is 0.455. The van der Waals surface area contributed by atoms with Gasteiger partial charge >= 0.3 is 6.00 Å². The molecule has 0 aromatic carbocycles. The molecule has 0 N–H and O–H groups in total. The predicted octanol–water partition coefficient (Wildman–Crippen LogP) is 3.93. The first kappa shape index (κ1) is 11.1. The van der Waals surface area contributed by atoms with Gasteiger partial charge in [0, 0.05) is 0 Å². The Balaban J connectivity index is 3.68. The van der Waals surface area contributed by atoms with Crippen molar-refractivity contribution in [2.24, 2.45) is 11.8 Å². The summed E-state index contributed by atoms with van der Waals surface area (Å²) < 4.78 is 0. The van der Waals surface area contributed by atoms with Gasteiger partial charge in [0.1, 0.15) is 0 Å². The van der Waals surface area contributed by atoms with Gasteiger partial charge in [-0.2, -0.15) is 0 Å². The van der Waals surface area contributed by atoms with Crippen molar-refractivity contribution >= 4 is 39.2 Å². The fourth-order valence-corrected chi connectivity index (χ4v) is 3.99. The van der Waals surface area contributed by atoms with Crippen molar-refractivity contribution in [3.05, 3.63) is 0 Å². The molecule has 0 heterocycles. The Bertz CT molecular complexity index is 97.7. The normalized spacial score (nSPS) is 15.9. The molecule has 4 heteroatoms. The molecule has 0 aliphatic rings. The smallest absolute Gasteiger partial charge is 0.126 e. The molecule has 0 saturated heterocycles. The Labute approximate surface area is 78.0 Å². The van der Waals surface area contributed by atoms with E-state index in [2.05, 4.69) is 20.8 Å². The van der Waals surface area contributed by atoms with Crippen LogP contribution in [0.4, 0.5) is 0 Å². The van der Waals surface area contributed by atoms with E-state index in [4.69, 9.17) is 33.2 Å². The average Bonchev–Trinajstić information content (AvgIpc) is 1.60. The minimum absolute atomic E-state index is 0.527. The quantitative estimate of drug-likeness (QED) is 0.498. The maximum absolute atomic E-state index is 5.74. The summed E-state index contributed by atoms with van der Waals surface area (Å²) in [7, 11) is 0. The van der Waals surface area contributed by atoms with E-state index in [0.29, 0.717) is 11.8 Å². The highest BCUT2D eigenvalue weighted by molar-refractivity contribution is 7.64. The number of halogens is 3. The molecule has 0 nitrogen and oxygen atoms in total. The third-order valence-electron chi connectivity index (χ3n) is 1.69. The van der Waals surface area contributed by atoms with E-state index in [1.54, 1.807) is 0 Å². The Morgan fingerprint density at radius 2 is 1.50 bits per heavy atom. The molecule has 0 aromatic heterocycles. The van der Waals surface area contributed by atoms with Crippen LogP contribution in [0.5, 0.6) is 0 Å². The Hall–Kier alpha value is 1.09. The Kier molecular flexibility index (Phi) is 4.65. The molecule has 0 spiro atoms. The zero-order valence-corrected chi connectivity index (χ0v) is 9.76. The molecule has 0 rings (SSSR count). The van der Waals surface area contributed by atoms with Gasteiger partial charge in [0.2, 0.25) is 0 Å². The van der Waals surface area contributed by atoms with E-state index in [-0.39, 0.29) is 0 Å². The van der Waals surface area contributed by atoms with Crippen molar-refractivity contribution in [2.75, 3.05) is 0 Å². The van der Waals surface area contributed by atoms with Gasteiger partial charge in [-0.25, -0.2) is 0 Å². The van der Waals surface area contributed by atoms with Crippen molar-refractivity contribution in [1.29, 1.82) is 0 Å². The SMILES string of the molecule is CC(C)C(C)C[Si](Cl)(Cl)Cl. The van der Waals surface area contributed by atoms with Crippen molar-refractivity contribution in [1.82, 2.24) is 0 Å².